The van der Waals surface area contributed by atoms with E-state index in [1.807, 2.05) is 0 Å². The van der Waals surface area contributed by atoms with Gasteiger partial charge in [0.1, 0.15) is 18.0 Å². The fraction of sp³-hybridized carbons (Fsp3) is 0.692. The van der Waals surface area contributed by atoms with E-state index in [-0.39, 0.29) is 0 Å². The van der Waals surface area contributed by atoms with E-state index in [1.54, 1.807) is 6.33 Å². The first-order chi connectivity index (χ1) is 8.26. The SMILES string of the molecule is CCCc1c(NCC)ncnc1NC1CC1C. The minimum Gasteiger partial charge on any atom is -0.370 e. The smallest absolute Gasteiger partial charge is 0.134 e. The van der Waals surface area contributed by atoms with Crippen LogP contribution in [0.4, 0.5) is 11.6 Å². The molecule has 2 unspecified atom stereocenters. The molecule has 1 aromatic rings. The fourth-order valence-corrected chi connectivity index (χ4v) is 2.04. The van der Waals surface area contributed by atoms with E-state index in [0.717, 1.165) is 36.9 Å². The maximum Gasteiger partial charge on any atom is 0.134 e. The standard InChI is InChI=1S/C13H22N4/c1-4-6-10-12(14-5-2)15-8-16-13(10)17-11-7-9(11)3/h8-9,11H,4-7H2,1-3H3,(H2,14,15,16,17). The molecule has 1 heterocycles. The topological polar surface area (TPSA) is 49.8 Å². The second kappa shape index (κ2) is 5.34. The second-order valence-corrected chi connectivity index (χ2v) is 4.79. The van der Waals surface area contributed by atoms with Crippen molar-refractivity contribution >= 4 is 11.6 Å². The van der Waals surface area contributed by atoms with Gasteiger partial charge in [0.2, 0.25) is 0 Å². The first kappa shape index (κ1) is 12.1. The van der Waals surface area contributed by atoms with Gasteiger partial charge in [0.05, 0.1) is 0 Å². The lowest BCUT2D eigenvalue weighted by Gasteiger charge is -2.14. The van der Waals surface area contributed by atoms with Gasteiger partial charge in [0.25, 0.3) is 0 Å². The van der Waals surface area contributed by atoms with Crippen molar-refractivity contribution < 1.29 is 0 Å². The van der Waals surface area contributed by atoms with Gasteiger partial charge in [-0.3, -0.25) is 0 Å². The molecule has 0 spiro atoms. The largest absolute Gasteiger partial charge is 0.370 e. The van der Waals surface area contributed by atoms with Gasteiger partial charge in [-0.1, -0.05) is 20.3 Å². The Labute approximate surface area is 103 Å². The Balaban J connectivity index is 2.19. The highest BCUT2D eigenvalue weighted by molar-refractivity contribution is 5.58. The van der Waals surface area contributed by atoms with Crippen molar-refractivity contribution in [2.75, 3.05) is 17.2 Å². The molecule has 1 aliphatic rings. The predicted octanol–water partition coefficient (Wildman–Crippen LogP) is 2.68. The van der Waals surface area contributed by atoms with Crippen LogP contribution in [0.15, 0.2) is 6.33 Å². The van der Waals surface area contributed by atoms with Crippen LogP contribution in [0.3, 0.4) is 0 Å². The summed E-state index contributed by atoms with van der Waals surface area (Å²) in [5.74, 6) is 2.79. The van der Waals surface area contributed by atoms with Crippen molar-refractivity contribution in [1.29, 1.82) is 0 Å². The Morgan fingerprint density at radius 2 is 2.00 bits per heavy atom. The molecular weight excluding hydrogens is 212 g/mol. The van der Waals surface area contributed by atoms with Crippen LogP contribution in [0.1, 0.15) is 39.2 Å². The highest BCUT2D eigenvalue weighted by Gasteiger charge is 2.33. The summed E-state index contributed by atoms with van der Waals surface area (Å²) in [5.41, 5.74) is 1.23. The zero-order valence-electron chi connectivity index (χ0n) is 11.0. The molecule has 1 aromatic heterocycles. The molecule has 0 amide bonds. The van der Waals surface area contributed by atoms with E-state index in [9.17, 15) is 0 Å². The highest BCUT2D eigenvalue weighted by atomic mass is 15.1. The summed E-state index contributed by atoms with van der Waals surface area (Å²) >= 11 is 0. The van der Waals surface area contributed by atoms with Crippen molar-refractivity contribution in [3.63, 3.8) is 0 Å². The molecule has 0 saturated heterocycles. The van der Waals surface area contributed by atoms with E-state index in [2.05, 4.69) is 41.4 Å². The Bertz CT molecular complexity index is 378. The summed E-state index contributed by atoms with van der Waals surface area (Å²) in [6, 6.07) is 0.606. The molecular formula is C13H22N4. The van der Waals surface area contributed by atoms with Crippen LogP contribution in [0.2, 0.25) is 0 Å². The molecule has 0 radical (unpaired) electrons. The van der Waals surface area contributed by atoms with E-state index >= 15 is 0 Å². The Morgan fingerprint density at radius 1 is 1.29 bits per heavy atom. The minimum absolute atomic E-state index is 0.606. The maximum atomic E-state index is 4.39. The Kier molecular flexibility index (Phi) is 3.82. The van der Waals surface area contributed by atoms with E-state index in [4.69, 9.17) is 0 Å². The van der Waals surface area contributed by atoms with Crippen LogP contribution in [-0.2, 0) is 6.42 Å². The molecule has 2 N–H and O–H groups in total. The third kappa shape index (κ3) is 2.87. The Morgan fingerprint density at radius 3 is 2.59 bits per heavy atom. The molecule has 17 heavy (non-hydrogen) atoms. The van der Waals surface area contributed by atoms with Crippen molar-refractivity contribution in [3.05, 3.63) is 11.9 Å². The third-order valence-corrected chi connectivity index (χ3v) is 3.22. The predicted molar refractivity (Wildman–Crippen MR) is 71.4 cm³/mol. The summed E-state index contributed by atoms with van der Waals surface area (Å²) < 4.78 is 0. The molecule has 2 atom stereocenters. The van der Waals surface area contributed by atoms with Crippen LogP contribution in [-0.4, -0.2) is 22.6 Å². The fourth-order valence-electron chi connectivity index (χ4n) is 2.04. The molecule has 4 nitrogen and oxygen atoms in total. The van der Waals surface area contributed by atoms with Gasteiger partial charge in [-0.05, 0) is 25.7 Å². The average Bonchev–Trinajstić information content (AvgIpc) is 2.99. The lowest BCUT2D eigenvalue weighted by molar-refractivity contribution is 0.881. The number of anilines is 2. The number of rotatable bonds is 6. The molecule has 1 aliphatic carbocycles. The van der Waals surface area contributed by atoms with Crippen molar-refractivity contribution in [1.82, 2.24) is 9.97 Å². The normalized spacial score (nSPS) is 22.3. The van der Waals surface area contributed by atoms with Crippen molar-refractivity contribution in [3.8, 4) is 0 Å². The van der Waals surface area contributed by atoms with Gasteiger partial charge in [-0.25, -0.2) is 9.97 Å². The molecule has 0 bridgehead atoms. The van der Waals surface area contributed by atoms with Crippen molar-refractivity contribution in [2.45, 2.75) is 46.1 Å². The zero-order chi connectivity index (χ0) is 12.3. The third-order valence-electron chi connectivity index (χ3n) is 3.22. The molecule has 0 aromatic carbocycles. The van der Waals surface area contributed by atoms with Crippen molar-refractivity contribution in [2.24, 2.45) is 5.92 Å². The van der Waals surface area contributed by atoms with Crippen LogP contribution in [0.25, 0.3) is 0 Å². The summed E-state index contributed by atoms with van der Waals surface area (Å²) in [4.78, 5) is 8.72. The molecule has 94 valence electrons. The van der Waals surface area contributed by atoms with E-state index in [0.29, 0.717) is 6.04 Å². The van der Waals surface area contributed by atoms with Crippen LogP contribution >= 0.6 is 0 Å². The molecule has 1 saturated carbocycles. The van der Waals surface area contributed by atoms with E-state index < -0.39 is 0 Å². The monoisotopic (exact) mass is 234 g/mol. The van der Waals surface area contributed by atoms with Gasteiger partial charge in [-0.15, -0.1) is 0 Å². The lowest BCUT2D eigenvalue weighted by atomic mass is 10.1. The number of hydrogen-bond acceptors (Lipinski definition) is 4. The zero-order valence-corrected chi connectivity index (χ0v) is 11.0. The maximum absolute atomic E-state index is 4.39. The highest BCUT2D eigenvalue weighted by Crippen LogP contribution is 2.34. The number of hydrogen-bond donors (Lipinski definition) is 2. The molecule has 1 fully saturated rings. The Hall–Kier alpha value is -1.32. The van der Waals surface area contributed by atoms with Crippen LogP contribution in [0, 0.1) is 5.92 Å². The number of aromatic nitrogens is 2. The van der Waals surface area contributed by atoms with Crippen LogP contribution in [0.5, 0.6) is 0 Å². The van der Waals surface area contributed by atoms with Gasteiger partial charge < -0.3 is 10.6 Å². The second-order valence-electron chi connectivity index (χ2n) is 4.79. The quantitative estimate of drug-likeness (QED) is 0.794. The number of nitrogens with one attached hydrogen (secondary N) is 2. The minimum atomic E-state index is 0.606. The average molecular weight is 234 g/mol. The van der Waals surface area contributed by atoms with Gasteiger partial charge in [0, 0.05) is 18.2 Å². The summed E-state index contributed by atoms with van der Waals surface area (Å²) in [6.07, 6.45) is 5.03. The first-order valence-electron chi connectivity index (χ1n) is 6.60. The summed E-state index contributed by atoms with van der Waals surface area (Å²) in [7, 11) is 0. The number of nitrogens with zero attached hydrogens (tertiary/aromatic N) is 2. The van der Waals surface area contributed by atoms with Crippen LogP contribution < -0.4 is 10.6 Å². The van der Waals surface area contributed by atoms with Gasteiger partial charge >= 0.3 is 0 Å². The van der Waals surface area contributed by atoms with Gasteiger partial charge in [0.15, 0.2) is 0 Å². The first-order valence-corrected chi connectivity index (χ1v) is 6.60. The summed E-state index contributed by atoms with van der Waals surface area (Å²) in [6.45, 7) is 7.44. The van der Waals surface area contributed by atoms with Gasteiger partial charge in [-0.2, -0.15) is 0 Å². The van der Waals surface area contributed by atoms with E-state index in [1.165, 1.54) is 12.0 Å². The molecule has 4 heteroatoms. The molecule has 2 rings (SSSR count). The summed E-state index contributed by atoms with van der Waals surface area (Å²) in [5, 5.41) is 6.84. The lowest BCUT2D eigenvalue weighted by Crippen LogP contribution is -2.12. The molecule has 0 aliphatic heterocycles.